The number of hydrogen-bond acceptors (Lipinski definition) is 6. The summed E-state index contributed by atoms with van der Waals surface area (Å²) in [5.74, 6) is 0.777. The van der Waals surface area contributed by atoms with Gasteiger partial charge in [-0.05, 0) is 0 Å². The first kappa shape index (κ1) is 9.45. The number of methoxy groups -OCH3 is 2. The van der Waals surface area contributed by atoms with Crippen LogP contribution < -0.4 is 9.47 Å². The third-order valence-corrected chi connectivity index (χ3v) is 1.77. The van der Waals surface area contributed by atoms with Gasteiger partial charge in [-0.1, -0.05) is 0 Å². The van der Waals surface area contributed by atoms with E-state index in [0.717, 1.165) is 0 Å². The summed E-state index contributed by atoms with van der Waals surface area (Å²) in [6.07, 6.45) is 4.55. The lowest BCUT2D eigenvalue weighted by atomic mass is 10.3. The number of nitrogens with zero attached hydrogens (tertiary/aromatic N) is 3. The Morgan fingerprint density at radius 3 is 2.67 bits per heavy atom. The zero-order valence-corrected chi connectivity index (χ0v) is 8.30. The average molecular weight is 207 g/mol. The van der Waals surface area contributed by atoms with Crippen LogP contribution in [0, 0.1) is 0 Å². The zero-order chi connectivity index (χ0) is 10.7. The molecule has 0 N–H and O–H groups in total. The van der Waals surface area contributed by atoms with Crippen LogP contribution in [0.2, 0.25) is 0 Å². The van der Waals surface area contributed by atoms with E-state index in [2.05, 4.69) is 15.0 Å². The van der Waals surface area contributed by atoms with Crippen molar-refractivity contribution in [2.45, 2.75) is 0 Å². The smallest absolute Gasteiger partial charge is 0.319 e. The van der Waals surface area contributed by atoms with Crippen molar-refractivity contribution in [1.82, 2.24) is 15.0 Å². The van der Waals surface area contributed by atoms with Gasteiger partial charge in [0.05, 0.1) is 26.6 Å². The molecule has 0 radical (unpaired) electrons. The lowest BCUT2D eigenvalue weighted by Crippen LogP contribution is -1.97. The lowest BCUT2D eigenvalue weighted by molar-refractivity contribution is 0.352. The van der Waals surface area contributed by atoms with Crippen LogP contribution in [0.5, 0.6) is 11.9 Å². The van der Waals surface area contributed by atoms with E-state index < -0.39 is 0 Å². The highest BCUT2D eigenvalue weighted by molar-refractivity contribution is 5.58. The van der Waals surface area contributed by atoms with E-state index >= 15 is 0 Å². The van der Waals surface area contributed by atoms with E-state index in [4.69, 9.17) is 13.9 Å². The van der Waals surface area contributed by atoms with E-state index in [-0.39, 0.29) is 6.01 Å². The first-order valence-electron chi connectivity index (χ1n) is 4.20. The number of aromatic nitrogens is 3. The van der Waals surface area contributed by atoms with Gasteiger partial charge in [-0.2, -0.15) is 4.98 Å². The maximum absolute atomic E-state index is 5.12. The average Bonchev–Trinajstić information content (AvgIpc) is 2.81. The highest BCUT2D eigenvalue weighted by Crippen LogP contribution is 2.26. The molecule has 2 aromatic rings. The summed E-state index contributed by atoms with van der Waals surface area (Å²) in [6, 6.07) is 0.238. The van der Waals surface area contributed by atoms with Crippen LogP contribution in [-0.2, 0) is 0 Å². The maximum Gasteiger partial charge on any atom is 0.319 e. The fourth-order valence-corrected chi connectivity index (χ4v) is 1.11. The standard InChI is InChI=1S/C9H9N3O3/c1-13-8-6(7-10-3-4-15-7)5-11-9(12-8)14-2/h3-5H,1-2H3. The van der Waals surface area contributed by atoms with Crippen molar-refractivity contribution >= 4 is 0 Å². The molecule has 0 saturated heterocycles. The second-order valence-electron chi connectivity index (χ2n) is 2.62. The van der Waals surface area contributed by atoms with Gasteiger partial charge in [0.15, 0.2) is 0 Å². The molecule has 0 fully saturated rings. The van der Waals surface area contributed by atoms with Crippen LogP contribution in [0.3, 0.4) is 0 Å². The van der Waals surface area contributed by atoms with Crippen molar-refractivity contribution in [2.75, 3.05) is 14.2 Å². The van der Waals surface area contributed by atoms with Crippen molar-refractivity contribution in [1.29, 1.82) is 0 Å². The number of hydrogen-bond donors (Lipinski definition) is 0. The minimum absolute atomic E-state index is 0.238. The SMILES string of the molecule is COc1ncc(-c2ncco2)c(OC)n1. The summed E-state index contributed by atoms with van der Waals surface area (Å²) in [7, 11) is 2.99. The van der Waals surface area contributed by atoms with E-state index in [1.54, 1.807) is 6.20 Å². The van der Waals surface area contributed by atoms with Crippen LogP contribution in [-0.4, -0.2) is 29.2 Å². The Morgan fingerprint density at radius 2 is 2.07 bits per heavy atom. The monoisotopic (exact) mass is 207 g/mol. The van der Waals surface area contributed by atoms with Gasteiger partial charge in [-0.3, -0.25) is 0 Å². The van der Waals surface area contributed by atoms with E-state index in [0.29, 0.717) is 17.3 Å². The Kier molecular flexibility index (Phi) is 2.49. The molecular weight excluding hydrogens is 198 g/mol. The molecule has 0 unspecified atom stereocenters. The van der Waals surface area contributed by atoms with E-state index in [1.807, 2.05) is 0 Å². The minimum Gasteiger partial charge on any atom is -0.480 e. The Bertz CT molecular complexity index is 442. The summed E-state index contributed by atoms with van der Waals surface area (Å²) in [4.78, 5) is 11.9. The highest BCUT2D eigenvalue weighted by Gasteiger charge is 2.13. The molecule has 2 heterocycles. The fraction of sp³-hybridized carbons (Fsp3) is 0.222. The maximum atomic E-state index is 5.12. The van der Waals surface area contributed by atoms with Crippen LogP contribution in [0.25, 0.3) is 11.5 Å². The number of oxazole rings is 1. The summed E-state index contributed by atoms with van der Waals surface area (Å²) in [6.45, 7) is 0. The predicted molar refractivity (Wildman–Crippen MR) is 50.6 cm³/mol. The molecule has 0 atom stereocenters. The summed E-state index contributed by atoms with van der Waals surface area (Å²) >= 11 is 0. The van der Waals surface area contributed by atoms with Crippen LogP contribution in [0.1, 0.15) is 0 Å². The minimum atomic E-state index is 0.238. The molecule has 2 aromatic heterocycles. The molecule has 0 spiro atoms. The highest BCUT2D eigenvalue weighted by atomic mass is 16.5. The Morgan fingerprint density at radius 1 is 1.20 bits per heavy atom. The molecule has 6 nitrogen and oxygen atoms in total. The number of rotatable bonds is 3. The van der Waals surface area contributed by atoms with Crippen LogP contribution in [0.15, 0.2) is 23.1 Å². The first-order valence-corrected chi connectivity index (χ1v) is 4.20. The molecule has 0 aliphatic rings. The van der Waals surface area contributed by atoms with Gasteiger partial charge >= 0.3 is 6.01 Å². The number of ether oxygens (including phenoxy) is 2. The molecule has 0 aliphatic carbocycles. The molecule has 0 bridgehead atoms. The normalized spacial score (nSPS) is 10.0. The van der Waals surface area contributed by atoms with Crippen molar-refractivity contribution in [2.24, 2.45) is 0 Å². The molecule has 0 saturated carbocycles. The van der Waals surface area contributed by atoms with Gasteiger partial charge < -0.3 is 13.9 Å². The topological polar surface area (TPSA) is 70.3 Å². The molecule has 0 aromatic carbocycles. The Hall–Kier alpha value is -2.11. The summed E-state index contributed by atoms with van der Waals surface area (Å²) in [5.41, 5.74) is 0.586. The lowest BCUT2D eigenvalue weighted by Gasteiger charge is -2.04. The third-order valence-electron chi connectivity index (χ3n) is 1.77. The molecule has 2 rings (SSSR count). The van der Waals surface area contributed by atoms with Gasteiger partial charge in [0, 0.05) is 0 Å². The molecule has 6 heteroatoms. The molecular formula is C9H9N3O3. The van der Waals surface area contributed by atoms with Gasteiger partial charge in [0.1, 0.15) is 11.8 Å². The second kappa shape index (κ2) is 3.95. The van der Waals surface area contributed by atoms with Gasteiger partial charge in [-0.25, -0.2) is 9.97 Å². The first-order chi connectivity index (χ1) is 7.35. The van der Waals surface area contributed by atoms with Crippen molar-refractivity contribution < 1.29 is 13.9 Å². The molecule has 0 aliphatic heterocycles. The van der Waals surface area contributed by atoms with Gasteiger partial charge in [-0.15, -0.1) is 0 Å². The third kappa shape index (κ3) is 1.74. The molecule has 15 heavy (non-hydrogen) atoms. The predicted octanol–water partition coefficient (Wildman–Crippen LogP) is 1.15. The van der Waals surface area contributed by atoms with E-state index in [9.17, 15) is 0 Å². The van der Waals surface area contributed by atoms with Crippen LogP contribution >= 0.6 is 0 Å². The van der Waals surface area contributed by atoms with Crippen LogP contribution in [0.4, 0.5) is 0 Å². The summed E-state index contributed by atoms with van der Waals surface area (Å²) < 4.78 is 15.1. The zero-order valence-electron chi connectivity index (χ0n) is 8.30. The molecule has 78 valence electrons. The van der Waals surface area contributed by atoms with E-state index in [1.165, 1.54) is 26.7 Å². The Labute approximate surface area is 85.9 Å². The van der Waals surface area contributed by atoms with Crippen molar-refractivity contribution in [3.05, 3.63) is 18.7 Å². The summed E-state index contributed by atoms with van der Waals surface area (Å²) in [5, 5.41) is 0. The van der Waals surface area contributed by atoms with Gasteiger partial charge in [0.25, 0.3) is 0 Å². The fourth-order valence-electron chi connectivity index (χ4n) is 1.11. The quantitative estimate of drug-likeness (QED) is 0.751. The molecule has 0 amide bonds. The van der Waals surface area contributed by atoms with Gasteiger partial charge in [0.2, 0.25) is 11.8 Å². The second-order valence-corrected chi connectivity index (χ2v) is 2.62. The Balaban J connectivity index is 2.48. The van der Waals surface area contributed by atoms with Crippen molar-refractivity contribution in [3.8, 4) is 23.3 Å². The largest absolute Gasteiger partial charge is 0.480 e. The van der Waals surface area contributed by atoms with Crippen molar-refractivity contribution in [3.63, 3.8) is 0 Å².